The Kier molecular flexibility index (Phi) is 5.48. The summed E-state index contributed by atoms with van der Waals surface area (Å²) in [5.74, 6) is -2.78. The molecule has 5 nitrogen and oxygen atoms in total. The van der Waals surface area contributed by atoms with Crippen molar-refractivity contribution in [2.75, 3.05) is 29.9 Å². The minimum absolute atomic E-state index is 0.0165. The molecule has 0 aliphatic carbocycles. The summed E-state index contributed by atoms with van der Waals surface area (Å²) in [5.41, 5.74) is 0.566. The topological polar surface area (TPSA) is 58.6 Å². The standard InChI is InChI=1S/C16H17F3N2O3/c1-2-9-24-14(22)12-10-11(20-15(23)16(17,18)19)5-6-13(12)21-7-3-4-8-21/h2,5-6,10H,1,3-4,7-9H2,(H,20,23). The highest BCUT2D eigenvalue weighted by atomic mass is 19.4. The Hall–Kier alpha value is -2.51. The predicted molar refractivity (Wildman–Crippen MR) is 83.1 cm³/mol. The van der Waals surface area contributed by atoms with Crippen molar-refractivity contribution in [3.05, 3.63) is 36.4 Å². The van der Waals surface area contributed by atoms with Crippen molar-refractivity contribution in [3.63, 3.8) is 0 Å². The number of amides is 1. The third kappa shape index (κ3) is 4.27. The molecule has 1 heterocycles. The largest absolute Gasteiger partial charge is 0.471 e. The molecule has 0 radical (unpaired) electrons. The Morgan fingerprint density at radius 2 is 1.96 bits per heavy atom. The Morgan fingerprint density at radius 3 is 2.54 bits per heavy atom. The number of carbonyl (C=O) groups is 2. The second-order valence-electron chi connectivity index (χ2n) is 5.27. The van der Waals surface area contributed by atoms with Gasteiger partial charge in [0.05, 0.1) is 11.3 Å². The molecule has 0 atom stereocenters. The van der Waals surface area contributed by atoms with Gasteiger partial charge < -0.3 is 15.0 Å². The number of nitrogens with one attached hydrogen (secondary N) is 1. The zero-order chi connectivity index (χ0) is 17.7. The molecule has 130 valence electrons. The van der Waals surface area contributed by atoms with Gasteiger partial charge >= 0.3 is 18.1 Å². The maximum absolute atomic E-state index is 12.4. The summed E-state index contributed by atoms with van der Waals surface area (Å²) in [6, 6.07) is 4.05. The van der Waals surface area contributed by atoms with Crippen LogP contribution in [0.25, 0.3) is 0 Å². The van der Waals surface area contributed by atoms with Gasteiger partial charge in [-0.05, 0) is 31.0 Å². The Morgan fingerprint density at radius 1 is 1.29 bits per heavy atom. The molecule has 0 saturated carbocycles. The van der Waals surface area contributed by atoms with E-state index in [1.165, 1.54) is 24.3 Å². The number of benzene rings is 1. The highest BCUT2D eigenvalue weighted by molar-refractivity contribution is 6.00. The van der Waals surface area contributed by atoms with Crippen molar-refractivity contribution in [1.82, 2.24) is 0 Å². The van der Waals surface area contributed by atoms with E-state index in [2.05, 4.69) is 6.58 Å². The minimum Gasteiger partial charge on any atom is -0.458 e. The number of esters is 1. The van der Waals surface area contributed by atoms with Gasteiger partial charge in [-0.2, -0.15) is 13.2 Å². The van der Waals surface area contributed by atoms with E-state index in [9.17, 15) is 22.8 Å². The molecule has 0 spiro atoms. The lowest BCUT2D eigenvalue weighted by Gasteiger charge is -2.21. The summed E-state index contributed by atoms with van der Waals surface area (Å²) in [4.78, 5) is 25.2. The van der Waals surface area contributed by atoms with Crippen LogP contribution in [0.4, 0.5) is 24.5 Å². The fourth-order valence-corrected chi connectivity index (χ4v) is 2.43. The normalized spacial score (nSPS) is 14.4. The number of hydrogen-bond donors (Lipinski definition) is 1. The third-order valence-electron chi connectivity index (χ3n) is 3.51. The van der Waals surface area contributed by atoms with Gasteiger partial charge in [0.2, 0.25) is 0 Å². The second kappa shape index (κ2) is 7.37. The monoisotopic (exact) mass is 342 g/mol. The van der Waals surface area contributed by atoms with E-state index >= 15 is 0 Å². The number of ether oxygens (including phenoxy) is 1. The Bertz CT molecular complexity index is 638. The third-order valence-corrected chi connectivity index (χ3v) is 3.51. The van der Waals surface area contributed by atoms with E-state index in [-0.39, 0.29) is 17.9 Å². The van der Waals surface area contributed by atoms with Gasteiger partial charge in [-0.3, -0.25) is 4.79 Å². The van der Waals surface area contributed by atoms with Gasteiger partial charge in [-0.15, -0.1) is 0 Å². The van der Waals surface area contributed by atoms with Gasteiger partial charge in [0, 0.05) is 18.8 Å². The number of anilines is 2. The van der Waals surface area contributed by atoms with Gasteiger partial charge in [0.15, 0.2) is 0 Å². The Balaban J connectivity index is 2.30. The van der Waals surface area contributed by atoms with Crippen molar-refractivity contribution >= 4 is 23.3 Å². The fourth-order valence-electron chi connectivity index (χ4n) is 2.43. The van der Waals surface area contributed by atoms with Crippen molar-refractivity contribution in [2.24, 2.45) is 0 Å². The number of halogens is 3. The van der Waals surface area contributed by atoms with Crippen LogP contribution >= 0.6 is 0 Å². The van der Waals surface area contributed by atoms with E-state index in [1.807, 2.05) is 4.90 Å². The summed E-state index contributed by atoms with van der Waals surface area (Å²) in [6.45, 7) is 4.92. The van der Waals surface area contributed by atoms with Crippen LogP contribution in [-0.2, 0) is 9.53 Å². The van der Waals surface area contributed by atoms with E-state index in [0.29, 0.717) is 5.69 Å². The molecule has 0 bridgehead atoms. The molecule has 1 aromatic carbocycles. The van der Waals surface area contributed by atoms with Crippen LogP contribution in [0.3, 0.4) is 0 Å². The minimum atomic E-state index is -5.00. The lowest BCUT2D eigenvalue weighted by atomic mass is 10.1. The molecule has 1 saturated heterocycles. The molecule has 1 aromatic rings. The highest BCUT2D eigenvalue weighted by Crippen LogP contribution is 2.29. The van der Waals surface area contributed by atoms with Crippen LogP contribution in [-0.4, -0.2) is 37.7 Å². The molecule has 1 aliphatic rings. The zero-order valence-electron chi connectivity index (χ0n) is 12.9. The lowest BCUT2D eigenvalue weighted by molar-refractivity contribution is -0.167. The van der Waals surface area contributed by atoms with Gasteiger partial charge in [0.1, 0.15) is 6.61 Å². The number of alkyl halides is 3. The first-order valence-electron chi connectivity index (χ1n) is 7.38. The molecular formula is C16H17F3N2O3. The van der Waals surface area contributed by atoms with Gasteiger partial charge in [-0.25, -0.2) is 4.79 Å². The number of hydrogen-bond acceptors (Lipinski definition) is 4. The molecule has 2 rings (SSSR count). The summed E-state index contributed by atoms with van der Waals surface area (Å²) < 4.78 is 42.1. The molecule has 0 aromatic heterocycles. The Labute approximate surface area is 137 Å². The van der Waals surface area contributed by atoms with Crippen LogP contribution in [0, 0.1) is 0 Å². The highest BCUT2D eigenvalue weighted by Gasteiger charge is 2.38. The molecule has 1 fully saturated rings. The first-order chi connectivity index (χ1) is 11.3. The van der Waals surface area contributed by atoms with Crippen molar-refractivity contribution < 1.29 is 27.5 Å². The van der Waals surface area contributed by atoms with Crippen LogP contribution < -0.4 is 10.2 Å². The quantitative estimate of drug-likeness (QED) is 0.660. The average Bonchev–Trinajstić information content (AvgIpc) is 3.05. The van der Waals surface area contributed by atoms with Gasteiger partial charge in [-0.1, -0.05) is 12.7 Å². The summed E-state index contributed by atoms with van der Waals surface area (Å²) >= 11 is 0. The van der Waals surface area contributed by atoms with Crippen molar-refractivity contribution in [1.29, 1.82) is 0 Å². The average molecular weight is 342 g/mol. The molecule has 1 amide bonds. The van der Waals surface area contributed by atoms with Gasteiger partial charge in [0.25, 0.3) is 0 Å². The molecule has 8 heteroatoms. The first-order valence-corrected chi connectivity index (χ1v) is 7.38. The van der Waals surface area contributed by atoms with Crippen molar-refractivity contribution in [2.45, 2.75) is 19.0 Å². The predicted octanol–water partition coefficient (Wildman–Crippen LogP) is 3.13. The maximum atomic E-state index is 12.4. The lowest BCUT2D eigenvalue weighted by Crippen LogP contribution is -2.30. The van der Waals surface area contributed by atoms with Crippen LogP contribution in [0.2, 0.25) is 0 Å². The molecular weight excluding hydrogens is 325 g/mol. The van der Waals surface area contributed by atoms with E-state index in [1.54, 1.807) is 5.32 Å². The number of nitrogens with zero attached hydrogens (tertiary/aromatic N) is 1. The van der Waals surface area contributed by atoms with Crippen molar-refractivity contribution in [3.8, 4) is 0 Å². The summed E-state index contributed by atoms with van der Waals surface area (Å²) in [7, 11) is 0. The smallest absolute Gasteiger partial charge is 0.458 e. The van der Waals surface area contributed by atoms with E-state index < -0.39 is 18.1 Å². The number of carbonyl (C=O) groups excluding carboxylic acids is 2. The van der Waals surface area contributed by atoms with E-state index in [0.717, 1.165) is 25.9 Å². The van der Waals surface area contributed by atoms with Crippen LogP contribution in [0.5, 0.6) is 0 Å². The zero-order valence-corrected chi connectivity index (χ0v) is 12.9. The molecule has 0 unspecified atom stereocenters. The summed E-state index contributed by atoms with van der Waals surface area (Å²) in [6.07, 6.45) is -1.68. The number of rotatable bonds is 5. The van der Waals surface area contributed by atoms with Crippen LogP contribution in [0.1, 0.15) is 23.2 Å². The summed E-state index contributed by atoms with van der Waals surface area (Å²) in [5, 5.41) is 1.74. The molecule has 1 N–H and O–H groups in total. The first kappa shape index (κ1) is 17.8. The SMILES string of the molecule is C=CCOC(=O)c1cc(NC(=O)C(F)(F)F)ccc1N1CCCC1. The molecule has 24 heavy (non-hydrogen) atoms. The maximum Gasteiger partial charge on any atom is 0.471 e. The van der Waals surface area contributed by atoms with Crippen LogP contribution in [0.15, 0.2) is 30.9 Å². The molecule has 1 aliphatic heterocycles. The van der Waals surface area contributed by atoms with E-state index in [4.69, 9.17) is 4.74 Å². The second-order valence-corrected chi connectivity index (χ2v) is 5.27. The fraction of sp³-hybridized carbons (Fsp3) is 0.375.